The predicted octanol–water partition coefficient (Wildman–Crippen LogP) is 6.96. The molecule has 1 aliphatic rings. The zero-order valence-corrected chi connectivity index (χ0v) is 24.8. The van der Waals surface area contributed by atoms with Crippen LogP contribution in [0, 0.1) is 5.92 Å². The Balaban J connectivity index is 1.40. The van der Waals surface area contributed by atoms with E-state index in [0.717, 1.165) is 16.7 Å². The molecule has 1 saturated heterocycles. The Labute approximate surface area is 248 Å². The molecule has 0 aliphatic carbocycles. The number of urea groups is 1. The highest BCUT2D eigenvalue weighted by molar-refractivity contribution is 5.89. The number of aliphatic hydroxyl groups excluding tert-OH is 1. The number of benzene rings is 4. The summed E-state index contributed by atoms with van der Waals surface area (Å²) in [6.45, 7) is 7.53. The van der Waals surface area contributed by atoms with Crippen molar-refractivity contribution in [3.63, 3.8) is 0 Å². The third-order valence-corrected chi connectivity index (χ3v) is 8.26. The Kier molecular flexibility index (Phi) is 9.55. The van der Waals surface area contributed by atoms with Crippen LogP contribution in [0.5, 0.6) is 0 Å². The van der Waals surface area contributed by atoms with Crippen LogP contribution in [-0.2, 0) is 16.1 Å². The Morgan fingerprint density at radius 3 is 2.43 bits per heavy atom. The van der Waals surface area contributed by atoms with Crippen molar-refractivity contribution in [2.24, 2.45) is 5.92 Å². The highest BCUT2D eigenvalue weighted by Crippen LogP contribution is 2.42. The van der Waals surface area contributed by atoms with Gasteiger partial charge in [0.2, 0.25) is 0 Å². The second-order valence-electron chi connectivity index (χ2n) is 11.2. The van der Waals surface area contributed by atoms with Crippen LogP contribution in [0.1, 0.15) is 61.5 Å². The van der Waals surface area contributed by atoms with Gasteiger partial charge < -0.3 is 25.2 Å². The number of hydrogen-bond acceptors (Lipinski definition) is 5. The van der Waals surface area contributed by atoms with Crippen molar-refractivity contribution in [3.05, 3.63) is 113 Å². The van der Waals surface area contributed by atoms with E-state index in [1.54, 1.807) is 0 Å². The normalized spacial score (nSPS) is 21.3. The van der Waals surface area contributed by atoms with Crippen LogP contribution in [0.4, 0.5) is 10.5 Å². The SMILES string of the molecule is CCNC(=O)Nc1cccc([C@H]2O[C@@H](CN(C)[C@H](C)c3ccc4ccccc4c3)[C@@H](C)[C@@H](c3ccc(CO)cc3)O2)c1. The van der Waals surface area contributed by atoms with Gasteiger partial charge in [0.15, 0.2) is 6.29 Å². The Bertz CT molecular complexity index is 1490. The van der Waals surface area contributed by atoms with Crippen molar-refractivity contribution in [1.82, 2.24) is 10.2 Å². The van der Waals surface area contributed by atoms with Crippen molar-refractivity contribution in [3.8, 4) is 0 Å². The molecule has 4 aromatic rings. The van der Waals surface area contributed by atoms with E-state index in [-0.39, 0.29) is 36.8 Å². The molecule has 4 aromatic carbocycles. The largest absolute Gasteiger partial charge is 0.392 e. The maximum atomic E-state index is 12.2. The van der Waals surface area contributed by atoms with Crippen LogP contribution < -0.4 is 10.6 Å². The molecule has 42 heavy (non-hydrogen) atoms. The van der Waals surface area contributed by atoms with E-state index in [4.69, 9.17) is 9.47 Å². The number of carbonyl (C=O) groups excluding carboxylic acids is 1. The van der Waals surface area contributed by atoms with E-state index in [0.29, 0.717) is 18.8 Å². The van der Waals surface area contributed by atoms with Crippen molar-refractivity contribution in [1.29, 1.82) is 0 Å². The number of rotatable bonds is 9. The number of hydrogen-bond donors (Lipinski definition) is 3. The summed E-state index contributed by atoms with van der Waals surface area (Å²) >= 11 is 0. The van der Waals surface area contributed by atoms with E-state index in [2.05, 4.69) is 78.9 Å². The predicted molar refractivity (Wildman–Crippen MR) is 167 cm³/mol. The highest BCUT2D eigenvalue weighted by Gasteiger charge is 2.39. The lowest BCUT2D eigenvalue weighted by molar-refractivity contribution is -0.276. The third kappa shape index (κ3) is 6.82. The summed E-state index contributed by atoms with van der Waals surface area (Å²) in [5.74, 6) is 0.0594. The molecule has 3 N–H and O–H groups in total. The van der Waals surface area contributed by atoms with Crippen LogP contribution in [0.2, 0.25) is 0 Å². The fraction of sp³-hybridized carbons (Fsp3) is 0.343. The van der Waals surface area contributed by atoms with Gasteiger partial charge in [-0.05, 0) is 66.6 Å². The lowest BCUT2D eigenvalue weighted by Gasteiger charge is -2.43. The molecule has 1 fully saturated rings. The smallest absolute Gasteiger partial charge is 0.319 e. The van der Waals surface area contributed by atoms with Gasteiger partial charge in [0.25, 0.3) is 0 Å². The minimum absolute atomic E-state index is 0.00141. The van der Waals surface area contributed by atoms with Gasteiger partial charge in [-0.3, -0.25) is 4.90 Å². The van der Waals surface area contributed by atoms with Crippen LogP contribution in [0.15, 0.2) is 91.0 Å². The standard InChI is InChI=1S/C35H41N3O4/c1-5-36-35(40)37-31-12-8-11-30(20-31)34-41-32(23(2)33(42-34)27-15-13-25(22-39)14-16-27)21-38(4)24(3)28-18-17-26-9-6-7-10-29(26)19-28/h6-20,23-24,32-34,39H,5,21-22H2,1-4H3,(H2,36,37,40)/t23-,24-,32+,33+,34+/m1/s1. The molecule has 2 amide bonds. The van der Waals surface area contributed by atoms with E-state index in [1.807, 2.05) is 55.5 Å². The van der Waals surface area contributed by atoms with Crippen molar-refractivity contribution in [2.45, 2.75) is 51.9 Å². The number of nitrogens with zero attached hydrogens (tertiary/aromatic N) is 1. The summed E-state index contributed by atoms with van der Waals surface area (Å²) in [6, 6.07) is 30.6. The summed E-state index contributed by atoms with van der Waals surface area (Å²) < 4.78 is 13.3. The molecule has 7 nitrogen and oxygen atoms in total. The molecule has 0 bridgehead atoms. The van der Waals surface area contributed by atoms with Crippen LogP contribution in [-0.4, -0.2) is 42.3 Å². The zero-order valence-electron chi connectivity index (χ0n) is 24.8. The first-order valence-electron chi connectivity index (χ1n) is 14.7. The Morgan fingerprint density at radius 1 is 0.929 bits per heavy atom. The van der Waals surface area contributed by atoms with E-state index in [1.165, 1.54) is 16.3 Å². The number of nitrogens with one attached hydrogen (secondary N) is 2. The summed E-state index contributed by atoms with van der Waals surface area (Å²) in [4.78, 5) is 14.5. The summed E-state index contributed by atoms with van der Waals surface area (Å²) in [6.07, 6.45) is -0.959. The van der Waals surface area contributed by atoms with Crippen molar-refractivity contribution < 1.29 is 19.4 Å². The van der Waals surface area contributed by atoms with Gasteiger partial charge in [0.05, 0.1) is 18.8 Å². The number of likely N-dealkylation sites (N-methyl/N-ethyl adjacent to an activating group) is 1. The fourth-order valence-electron chi connectivity index (χ4n) is 5.59. The number of amides is 2. The molecular formula is C35H41N3O4. The molecule has 7 heteroatoms. The first kappa shape index (κ1) is 29.7. The maximum absolute atomic E-state index is 12.2. The molecule has 1 aliphatic heterocycles. The average Bonchev–Trinajstić information content (AvgIpc) is 3.01. The summed E-state index contributed by atoms with van der Waals surface area (Å²) in [5, 5.41) is 17.7. The number of fused-ring (bicyclic) bond motifs is 1. The minimum atomic E-state index is -0.617. The summed E-state index contributed by atoms with van der Waals surface area (Å²) in [5.41, 5.74) is 4.67. The summed E-state index contributed by atoms with van der Waals surface area (Å²) in [7, 11) is 2.14. The quantitative estimate of drug-likeness (QED) is 0.204. The van der Waals surface area contributed by atoms with Gasteiger partial charge in [-0.2, -0.15) is 0 Å². The number of ether oxygens (including phenoxy) is 2. The topological polar surface area (TPSA) is 83.1 Å². The first-order valence-corrected chi connectivity index (χ1v) is 14.7. The van der Waals surface area contributed by atoms with Crippen LogP contribution >= 0.6 is 0 Å². The number of aliphatic hydroxyl groups is 1. The van der Waals surface area contributed by atoms with Gasteiger partial charge in [-0.25, -0.2) is 4.79 Å². The lowest BCUT2D eigenvalue weighted by atomic mass is 9.89. The monoisotopic (exact) mass is 567 g/mol. The second-order valence-corrected chi connectivity index (χ2v) is 11.2. The fourth-order valence-corrected chi connectivity index (χ4v) is 5.59. The van der Waals surface area contributed by atoms with E-state index < -0.39 is 6.29 Å². The van der Waals surface area contributed by atoms with Crippen molar-refractivity contribution >= 4 is 22.5 Å². The van der Waals surface area contributed by atoms with Crippen LogP contribution in [0.3, 0.4) is 0 Å². The molecule has 1 heterocycles. The van der Waals surface area contributed by atoms with Crippen molar-refractivity contribution in [2.75, 3.05) is 25.5 Å². The molecule has 0 unspecified atom stereocenters. The van der Waals surface area contributed by atoms with Crippen LogP contribution in [0.25, 0.3) is 10.8 Å². The maximum Gasteiger partial charge on any atom is 0.319 e. The molecule has 220 valence electrons. The number of carbonyl (C=O) groups is 1. The first-order chi connectivity index (χ1) is 20.4. The Hall–Kier alpha value is -3.75. The third-order valence-electron chi connectivity index (χ3n) is 8.26. The van der Waals surface area contributed by atoms with Gasteiger partial charge >= 0.3 is 6.03 Å². The van der Waals surface area contributed by atoms with Gasteiger partial charge in [0.1, 0.15) is 0 Å². The lowest BCUT2D eigenvalue weighted by Crippen LogP contribution is -2.44. The molecule has 0 aromatic heterocycles. The number of anilines is 1. The van der Waals surface area contributed by atoms with Gasteiger partial charge in [-0.15, -0.1) is 0 Å². The zero-order chi connectivity index (χ0) is 29.6. The molecular weight excluding hydrogens is 526 g/mol. The molecule has 5 atom stereocenters. The minimum Gasteiger partial charge on any atom is -0.392 e. The van der Waals surface area contributed by atoms with Gasteiger partial charge in [-0.1, -0.05) is 79.7 Å². The van der Waals surface area contributed by atoms with Gasteiger partial charge in [0, 0.05) is 36.3 Å². The molecule has 0 saturated carbocycles. The van der Waals surface area contributed by atoms with E-state index in [9.17, 15) is 9.90 Å². The molecule has 5 rings (SSSR count). The molecule has 0 radical (unpaired) electrons. The Morgan fingerprint density at radius 2 is 1.69 bits per heavy atom. The highest BCUT2D eigenvalue weighted by atomic mass is 16.7. The average molecular weight is 568 g/mol. The second kappa shape index (κ2) is 13.5. The molecule has 0 spiro atoms. The van der Waals surface area contributed by atoms with E-state index >= 15 is 0 Å².